The lowest BCUT2D eigenvalue weighted by atomic mass is 10.0. The van der Waals surface area contributed by atoms with Gasteiger partial charge in [-0.25, -0.2) is 9.59 Å². The van der Waals surface area contributed by atoms with Crippen molar-refractivity contribution >= 4 is 28.8 Å². The van der Waals surface area contributed by atoms with Gasteiger partial charge in [0.25, 0.3) is 0 Å². The van der Waals surface area contributed by atoms with Gasteiger partial charge in [0, 0.05) is 6.08 Å². The first kappa shape index (κ1) is 18.2. The molecule has 3 aromatic carbocycles. The van der Waals surface area contributed by atoms with E-state index in [1.807, 2.05) is 36.4 Å². The summed E-state index contributed by atoms with van der Waals surface area (Å²) in [5, 5.41) is 1.76. The number of hydrogen-bond donors (Lipinski definition) is 0. The lowest BCUT2D eigenvalue weighted by Gasteiger charge is -2.11. The molecule has 5 nitrogen and oxygen atoms in total. The van der Waals surface area contributed by atoms with Gasteiger partial charge in [-0.1, -0.05) is 42.5 Å². The summed E-state index contributed by atoms with van der Waals surface area (Å²) < 4.78 is 15.4. The van der Waals surface area contributed by atoms with Crippen LogP contribution in [0.25, 0.3) is 16.8 Å². The number of rotatable bonds is 5. The maximum absolute atomic E-state index is 12.8. The molecule has 0 bridgehead atoms. The highest BCUT2D eigenvalue weighted by atomic mass is 16.6. The Bertz CT molecular complexity index is 1010. The smallest absolute Gasteiger partial charge is 0.344 e. The van der Waals surface area contributed by atoms with Gasteiger partial charge in [-0.15, -0.1) is 0 Å². The summed E-state index contributed by atoms with van der Waals surface area (Å²) in [6.45, 7) is 0. The van der Waals surface area contributed by atoms with E-state index >= 15 is 0 Å². The molecule has 5 heteroatoms. The van der Waals surface area contributed by atoms with E-state index in [2.05, 4.69) is 4.74 Å². The summed E-state index contributed by atoms with van der Waals surface area (Å²) in [4.78, 5) is 24.0. The number of fused-ring (bicyclic) bond motifs is 1. The molecule has 0 unspecified atom stereocenters. The summed E-state index contributed by atoms with van der Waals surface area (Å²) in [6.07, 6.45) is 2.86. The van der Waals surface area contributed by atoms with Crippen molar-refractivity contribution in [1.29, 1.82) is 0 Å². The number of ether oxygens (including phenoxy) is 3. The van der Waals surface area contributed by atoms with Crippen LogP contribution in [0.2, 0.25) is 0 Å². The standard InChI is InChI=1S/C22H18O5/c1-25-19-12-10-15(11-13-21(23)26-2)14-20(19)27-22(24)18-9-5-7-16-6-3-4-8-17(16)18/h3-14H,1-2H3/b13-11+. The number of benzene rings is 3. The van der Waals surface area contributed by atoms with Crippen molar-refractivity contribution in [1.82, 2.24) is 0 Å². The van der Waals surface area contributed by atoms with Crippen LogP contribution in [-0.4, -0.2) is 26.2 Å². The lowest BCUT2D eigenvalue weighted by Crippen LogP contribution is -2.10. The van der Waals surface area contributed by atoms with Crippen LogP contribution >= 0.6 is 0 Å². The zero-order chi connectivity index (χ0) is 19.2. The zero-order valence-electron chi connectivity index (χ0n) is 15.0. The zero-order valence-corrected chi connectivity index (χ0v) is 15.0. The average molecular weight is 362 g/mol. The van der Waals surface area contributed by atoms with Crippen LogP contribution in [0.15, 0.2) is 66.7 Å². The predicted molar refractivity (Wildman–Crippen MR) is 103 cm³/mol. The normalized spacial score (nSPS) is 10.7. The highest BCUT2D eigenvalue weighted by Gasteiger charge is 2.15. The van der Waals surface area contributed by atoms with E-state index in [0.29, 0.717) is 16.9 Å². The van der Waals surface area contributed by atoms with Gasteiger partial charge in [0.15, 0.2) is 11.5 Å². The van der Waals surface area contributed by atoms with E-state index in [1.54, 1.807) is 30.3 Å². The number of carbonyl (C=O) groups is 2. The fourth-order valence-electron chi connectivity index (χ4n) is 2.67. The van der Waals surface area contributed by atoms with E-state index in [0.717, 1.165) is 10.8 Å². The molecule has 136 valence electrons. The lowest BCUT2D eigenvalue weighted by molar-refractivity contribution is -0.134. The van der Waals surface area contributed by atoms with Crippen LogP contribution in [0.5, 0.6) is 11.5 Å². The first-order valence-electron chi connectivity index (χ1n) is 8.26. The quantitative estimate of drug-likeness (QED) is 0.386. The minimum atomic E-state index is -0.487. The highest BCUT2D eigenvalue weighted by molar-refractivity contribution is 6.05. The molecular weight excluding hydrogens is 344 g/mol. The van der Waals surface area contributed by atoms with Crippen molar-refractivity contribution in [2.24, 2.45) is 0 Å². The van der Waals surface area contributed by atoms with Gasteiger partial charge < -0.3 is 14.2 Å². The summed E-state index contributed by atoms with van der Waals surface area (Å²) in [5.41, 5.74) is 1.13. The van der Waals surface area contributed by atoms with Crippen LogP contribution in [0.3, 0.4) is 0 Å². The second-order valence-electron chi connectivity index (χ2n) is 5.68. The second kappa shape index (κ2) is 8.19. The number of esters is 2. The third kappa shape index (κ3) is 4.15. The maximum atomic E-state index is 12.8. The fraction of sp³-hybridized carbons (Fsp3) is 0.0909. The fourth-order valence-corrected chi connectivity index (χ4v) is 2.67. The van der Waals surface area contributed by atoms with Crippen LogP contribution < -0.4 is 9.47 Å². The van der Waals surface area contributed by atoms with Crippen molar-refractivity contribution in [3.8, 4) is 11.5 Å². The minimum Gasteiger partial charge on any atom is -0.493 e. The molecule has 0 fully saturated rings. The molecule has 0 aliphatic carbocycles. The van der Waals surface area contributed by atoms with Crippen LogP contribution in [0.4, 0.5) is 0 Å². The first-order chi connectivity index (χ1) is 13.1. The number of methoxy groups -OCH3 is 2. The summed E-state index contributed by atoms with van der Waals surface area (Å²) in [5.74, 6) is -0.277. The van der Waals surface area contributed by atoms with Gasteiger partial charge in [-0.2, -0.15) is 0 Å². The topological polar surface area (TPSA) is 61.8 Å². The van der Waals surface area contributed by atoms with Crippen LogP contribution in [-0.2, 0) is 9.53 Å². The Labute approximate surface area is 156 Å². The Kier molecular flexibility index (Phi) is 5.52. The van der Waals surface area contributed by atoms with Gasteiger partial charge in [-0.05, 0) is 40.6 Å². The molecule has 0 saturated carbocycles. The molecule has 0 aliphatic heterocycles. The van der Waals surface area contributed by atoms with Gasteiger partial charge in [-0.3, -0.25) is 0 Å². The molecule has 0 aliphatic rings. The van der Waals surface area contributed by atoms with Crippen LogP contribution in [0.1, 0.15) is 15.9 Å². The molecule has 27 heavy (non-hydrogen) atoms. The molecule has 3 rings (SSSR count). The highest BCUT2D eigenvalue weighted by Crippen LogP contribution is 2.30. The van der Waals surface area contributed by atoms with Gasteiger partial charge >= 0.3 is 11.9 Å². The van der Waals surface area contributed by atoms with Gasteiger partial charge in [0.05, 0.1) is 19.8 Å². The molecule has 0 spiro atoms. The van der Waals surface area contributed by atoms with Crippen molar-refractivity contribution in [3.05, 3.63) is 77.9 Å². The Morgan fingerprint density at radius 2 is 1.67 bits per heavy atom. The third-order valence-electron chi connectivity index (χ3n) is 4.01. The van der Waals surface area contributed by atoms with Gasteiger partial charge in [0.2, 0.25) is 0 Å². The number of hydrogen-bond acceptors (Lipinski definition) is 5. The Morgan fingerprint density at radius 3 is 2.44 bits per heavy atom. The molecule has 0 radical (unpaired) electrons. The molecule has 0 amide bonds. The largest absolute Gasteiger partial charge is 0.493 e. The van der Waals surface area contributed by atoms with E-state index in [-0.39, 0.29) is 5.75 Å². The second-order valence-corrected chi connectivity index (χ2v) is 5.68. The molecule has 0 N–H and O–H groups in total. The molecular formula is C22H18O5. The molecule has 3 aromatic rings. The predicted octanol–water partition coefficient (Wildman–Crippen LogP) is 4.25. The molecule has 0 saturated heterocycles. The Morgan fingerprint density at radius 1 is 0.889 bits per heavy atom. The van der Waals surface area contributed by atoms with E-state index in [1.165, 1.54) is 20.3 Å². The van der Waals surface area contributed by atoms with Crippen molar-refractivity contribution < 1.29 is 23.8 Å². The average Bonchev–Trinajstić information content (AvgIpc) is 2.71. The molecule has 0 atom stereocenters. The van der Waals surface area contributed by atoms with E-state index in [4.69, 9.17) is 9.47 Å². The van der Waals surface area contributed by atoms with Crippen LogP contribution in [0, 0.1) is 0 Å². The molecule has 0 heterocycles. The van der Waals surface area contributed by atoms with Crippen molar-refractivity contribution in [3.63, 3.8) is 0 Å². The maximum Gasteiger partial charge on any atom is 0.344 e. The SMILES string of the molecule is COC(=O)/C=C/c1ccc(OC)c(OC(=O)c2cccc3ccccc23)c1. The van der Waals surface area contributed by atoms with Gasteiger partial charge in [0.1, 0.15) is 0 Å². The Balaban J connectivity index is 1.92. The molecule has 0 aromatic heterocycles. The summed E-state index contributed by atoms with van der Waals surface area (Å²) in [7, 11) is 2.80. The number of carbonyl (C=O) groups excluding carboxylic acids is 2. The minimum absolute atomic E-state index is 0.266. The monoisotopic (exact) mass is 362 g/mol. The van der Waals surface area contributed by atoms with Crippen molar-refractivity contribution in [2.45, 2.75) is 0 Å². The summed E-state index contributed by atoms with van der Waals surface area (Å²) in [6, 6.07) is 18.1. The van der Waals surface area contributed by atoms with Crippen molar-refractivity contribution in [2.75, 3.05) is 14.2 Å². The van der Waals surface area contributed by atoms with E-state index in [9.17, 15) is 9.59 Å². The van der Waals surface area contributed by atoms with E-state index < -0.39 is 11.9 Å². The summed E-state index contributed by atoms with van der Waals surface area (Å²) >= 11 is 0. The first-order valence-corrected chi connectivity index (χ1v) is 8.26. The Hall–Kier alpha value is -3.60. The third-order valence-corrected chi connectivity index (χ3v) is 4.01.